The number of halogens is 1. The standard InChI is InChI=1S/C19H28FN5/c1-4-21-19(22-11-14-25-12-5-6-13-25)23-15-18(24(2)3)16-7-9-17(20)10-8-16/h5-10,12-13,18H,4,11,14-15H2,1-3H3,(H2,21,22,23). The Kier molecular flexibility index (Phi) is 7.47. The van der Waals surface area contributed by atoms with Crippen LogP contribution in [-0.2, 0) is 6.54 Å². The molecule has 0 aliphatic carbocycles. The highest BCUT2D eigenvalue weighted by atomic mass is 19.1. The van der Waals surface area contributed by atoms with Gasteiger partial charge in [-0.25, -0.2) is 4.39 Å². The van der Waals surface area contributed by atoms with Crippen LogP contribution in [0.25, 0.3) is 0 Å². The van der Waals surface area contributed by atoms with E-state index in [1.165, 1.54) is 12.1 Å². The Hall–Kier alpha value is -2.34. The first-order chi connectivity index (χ1) is 12.1. The summed E-state index contributed by atoms with van der Waals surface area (Å²) in [7, 11) is 4.02. The molecule has 1 aromatic heterocycles. The third kappa shape index (κ3) is 6.23. The van der Waals surface area contributed by atoms with E-state index in [9.17, 15) is 4.39 Å². The van der Waals surface area contributed by atoms with Gasteiger partial charge >= 0.3 is 0 Å². The lowest BCUT2D eigenvalue weighted by molar-refractivity contribution is 0.306. The SMILES string of the molecule is CCNC(=NCC(c1ccc(F)cc1)N(C)C)NCCn1cccc1. The molecule has 0 saturated heterocycles. The fraction of sp³-hybridized carbons (Fsp3) is 0.421. The Bertz CT molecular complexity index is 634. The van der Waals surface area contributed by atoms with Crippen LogP contribution in [0.4, 0.5) is 4.39 Å². The average molecular weight is 345 g/mol. The van der Waals surface area contributed by atoms with Gasteiger partial charge in [0.2, 0.25) is 0 Å². The molecular weight excluding hydrogens is 317 g/mol. The van der Waals surface area contributed by atoms with Gasteiger partial charge in [0.25, 0.3) is 0 Å². The normalized spacial score (nSPS) is 13.1. The maximum absolute atomic E-state index is 13.2. The first-order valence-electron chi connectivity index (χ1n) is 8.65. The van der Waals surface area contributed by atoms with E-state index in [0.29, 0.717) is 6.54 Å². The van der Waals surface area contributed by atoms with Crippen LogP contribution in [0.15, 0.2) is 53.8 Å². The number of aromatic nitrogens is 1. The molecule has 1 aromatic carbocycles. The molecule has 2 N–H and O–H groups in total. The molecule has 1 atom stereocenters. The van der Waals surface area contributed by atoms with E-state index >= 15 is 0 Å². The first kappa shape index (κ1) is 19.0. The maximum atomic E-state index is 13.2. The Morgan fingerprint density at radius 3 is 2.44 bits per heavy atom. The molecule has 136 valence electrons. The molecule has 0 aliphatic rings. The van der Waals surface area contributed by atoms with Crippen LogP contribution >= 0.6 is 0 Å². The van der Waals surface area contributed by atoms with Crippen LogP contribution in [0.1, 0.15) is 18.5 Å². The van der Waals surface area contributed by atoms with E-state index in [2.05, 4.69) is 20.1 Å². The van der Waals surface area contributed by atoms with E-state index in [0.717, 1.165) is 31.2 Å². The second kappa shape index (κ2) is 9.84. The van der Waals surface area contributed by atoms with Crippen molar-refractivity contribution in [3.8, 4) is 0 Å². The number of rotatable bonds is 8. The van der Waals surface area contributed by atoms with Crippen LogP contribution < -0.4 is 10.6 Å². The molecule has 5 nitrogen and oxygen atoms in total. The number of hydrogen-bond donors (Lipinski definition) is 2. The van der Waals surface area contributed by atoms with Crippen LogP contribution in [0.5, 0.6) is 0 Å². The summed E-state index contributed by atoms with van der Waals surface area (Å²) in [5.41, 5.74) is 1.05. The zero-order chi connectivity index (χ0) is 18.1. The van der Waals surface area contributed by atoms with Crippen molar-refractivity contribution in [2.24, 2.45) is 4.99 Å². The van der Waals surface area contributed by atoms with Crippen molar-refractivity contribution < 1.29 is 4.39 Å². The van der Waals surface area contributed by atoms with Crippen LogP contribution in [0.2, 0.25) is 0 Å². The highest BCUT2D eigenvalue weighted by Crippen LogP contribution is 2.18. The Balaban J connectivity index is 1.97. The molecule has 6 heteroatoms. The molecule has 0 radical (unpaired) electrons. The first-order valence-corrected chi connectivity index (χ1v) is 8.65. The number of aliphatic imine (C=N–C) groups is 1. The molecule has 0 spiro atoms. The number of guanidine groups is 1. The van der Waals surface area contributed by atoms with E-state index in [-0.39, 0.29) is 11.9 Å². The fourth-order valence-corrected chi connectivity index (χ4v) is 2.59. The molecule has 0 bridgehead atoms. The van der Waals surface area contributed by atoms with Gasteiger partial charge in [-0.05, 0) is 50.8 Å². The summed E-state index contributed by atoms with van der Waals surface area (Å²) >= 11 is 0. The van der Waals surface area contributed by atoms with Gasteiger partial charge in [0.1, 0.15) is 5.82 Å². The van der Waals surface area contributed by atoms with Gasteiger partial charge in [-0.1, -0.05) is 12.1 Å². The second-order valence-corrected chi connectivity index (χ2v) is 6.10. The summed E-state index contributed by atoms with van der Waals surface area (Å²) in [6.45, 7) is 5.12. The lowest BCUT2D eigenvalue weighted by Crippen LogP contribution is -2.39. The zero-order valence-corrected chi connectivity index (χ0v) is 15.2. The molecule has 1 unspecified atom stereocenters. The Morgan fingerprint density at radius 2 is 1.84 bits per heavy atom. The summed E-state index contributed by atoms with van der Waals surface area (Å²) in [6, 6.07) is 10.8. The Morgan fingerprint density at radius 1 is 1.16 bits per heavy atom. The summed E-state index contributed by atoms with van der Waals surface area (Å²) in [4.78, 5) is 6.80. The van der Waals surface area contributed by atoms with Gasteiger partial charge in [0.15, 0.2) is 5.96 Å². The van der Waals surface area contributed by atoms with Crippen molar-refractivity contribution in [2.75, 3.05) is 33.7 Å². The van der Waals surface area contributed by atoms with Gasteiger partial charge in [0.05, 0.1) is 12.6 Å². The molecule has 0 amide bonds. The summed E-state index contributed by atoms with van der Waals surface area (Å²) < 4.78 is 15.3. The van der Waals surface area contributed by atoms with Gasteiger partial charge in [-0.2, -0.15) is 0 Å². The third-order valence-electron chi connectivity index (χ3n) is 3.97. The summed E-state index contributed by atoms with van der Waals surface area (Å²) in [6.07, 6.45) is 4.09. The summed E-state index contributed by atoms with van der Waals surface area (Å²) in [5.74, 6) is 0.577. The van der Waals surface area contributed by atoms with Gasteiger partial charge in [-0.3, -0.25) is 4.99 Å². The minimum Gasteiger partial charge on any atom is -0.357 e. The fourth-order valence-electron chi connectivity index (χ4n) is 2.59. The highest BCUT2D eigenvalue weighted by Gasteiger charge is 2.14. The number of benzene rings is 1. The predicted octanol–water partition coefficient (Wildman–Crippen LogP) is 2.49. The zero-order valence-electron chi connectivity index (χ0n) is 15.2. The molecular formula is C19H28FN5. The van der Waals surface area contributed by atoms with Gasteiger partial charge < -0.3 is 20.1 Å². The topological polar surface area (TPSA) is 44.6 Å². The molecule has 0 saturated carbocycles. The molecule has 0 aliphatic heterocycles. The summed E-state index contributed by atoms with van der Waals surface area (Å²) in [5, 5.41) is 6.62. The van der Waals surface area contributed by atoms with Crippen LogP contribution in [0.3, 0.4) is 0 Å². The molecule has 25 heavy (non-hydrogen) atoms. The van der Waals surface area contributed by atoms with Gasteiger partial charge in [-0.15, -0.1) is 0 Å². The monoisotopic (exact) mass is 345 g/mol. The van der Waals surface area contributed by atoms with E-state index in [1.807, 2.05) is 57.7 Å². The molecule has 2 aromatic rings. The average Bonchev–Trinajstić information content (AvgIpc) is 3.09. The number of nitrogens with zero attached hydrogens (tertiary/aromatic N) is 3. The predicted molar refractivity (Wildman–Crippen MR) is 101 cm³/mol. The van der Waals surface area contributed by atoms with E-state index in [4.69, 9.17) is 4.99 Å². The highest BCUT2D eigenvalue weighted by molar-refractivity contribution is 5.79. The quantitative estimate of drug-likeness (QED) is 0.571. The number of hydrogen-bond acceptors (Lipinski definition) is 2. The minimum absolute atomic E-state index is 0.0977. The molecule has 1 heterocycles. The van der Waals surface area contributed by atoms with Crippen molar-refractivity contribution in [3.05, 3.63) is 60.2 Å². The third-order valence-corrected chi connectivity index (χ3v) is 3.97. The second-order valence-electron chi connectivity index (χ2n) is 6.10. The Labute approximate surface area is 149 Å². The van der Waals surface area contributed by atoms with Crippen molar-refractivity contribution in [1.29, 1.82) is 0 Å². The van der Waals surface area contributed by atoms with Crippen molar-refractivity contribution in [2.45, 2.75) is 19.5 Å². The van der Waals surface area contributed by atoms with Gasteiger partial charge in [0, 0.05) is 32.0 Å². The van der Waals surface area contributed by atoms with Crippen LogP contribution in [0, 0.1) is 5.82 Å². The van der Waals surface area contributed by atoms with Crippen molar-refractivity contribution in [1.82, 2.24) is 20.1 Å². The molecule has 2 rings (SSSR count). The molecule has 0 fully saturated rings. The largest absolute Gasteiger partial charge is 0.357 e. The smallest absolute Gasteiger partial charge is 0.191 e. The van der Waals surface area contributed by atoms with Crippen molar-refractivity contribution in [3.63, 3.8) is 0 Å². The van der Waals surface area contributed by atoms with Crippen LogP contribution in [-0.4, -0.2) is 49.2 Å². The number of likely N-dealkylation sites (N-methyl/N-ethyl adjacent to an activating group) is 1. The van der Waals surface area contributed by atoms with E-state index < -0.39 is 0 Å². The van der Waals surface area contributed by atoms with Crippen molar-refractivity contribution >= 4 is 5.96 Å². The lowest BCUT2D eigenvalue weighted by atomic mass is 10.1. The lowest BCUT2D eigenvalue weighted by Gasteiger charge is -2.23. The van der Waals surface area contributed by atoms with E-state index in [1.54, 1.807) is 0 Å². The number of nitrogens with one attached hydrogen (secondary N) is 2. The minimum atomic E-state index is -0.218. The maximum Gasteiger partial charge on any atom is 0.191 e.